The molecule has 1 aliphatic rings. The van der Waals surface area contributed by atoms with E-state index in [0.29, 0.717) is 6.04 Å². The van der Waals surface area contributed by atoms with Gasteiger partial charge in [0.1, 0.15) is 5.01 Å². The number of hydrogen-bond donors (Lipinski definition) is 0. The lowest BCUT2D eigenvalue weighted by Crippen LogP contribution is -2.15. The van der Waals surface area contributed by atoms with E-state index in [9.17, 15) is 0 Å². The van der Waals surface area contributed by atoms with E-state index >= 15 is 0 Å². The van der Waals surface area contributed by atoms with Gasteiger partial charge in [0.25, 0.3) is 0 Å². The third-order valence-electron chi connectivity index (χ3n) is 4.30. The summed E-state index contributed by atoms with van der Waals surface area (Å²) in [7, 11) is 0. The molecule has 0 radical (unpaired) electrons. The molecular weight excluding hydrogens is 338 g/mol. The lowest BCUT2D eigenvalue weighted by Gasteiger charge is -2.21. The lowest BCUT2D eigenvalue weighted by molar-refractivity contribution is 0.307. The summed E-state index contributed by atoms with van der Waals surface area (Å²) in [6.45, 7) is 0. The predicted molar refractivity (Wildman–Crippen MR) is 97.1 cm³/mol. The second-order valence-corrected chi connectivity index (χ2v) is 7.80. The van der Waals surface area contributed by atoms with Crippen molar-refractivity contribution in [1.82, 2.24) is 25.2 Å². The Labute approximate surface area is 149 Å². The Balaban J connectivity index is 1.43. The number of tetrazole rings is 1. The topological polar surface area (TPSA) is 56.5 Å². The highest BCUT2D eigenvalue weighted by Gasteiger charge is 2.20. The Hall–Kier alpha value is -1.73. The average molecular weight is 358 g/mol. The van der Waals surface area contributed by atoms with E-state index in [1.165, 1.54) is 37.7 Å². The fourth-order valence-corrected chi connectivity index (χ4v) is 4.83. The molecule has 0 aliphatic heterocycles. The van der Waals surface area contributed by atoms with Gasteiger partial charge in [-0.2, -0.15) is 0 Å². The molecule has 2 aromatic heterocycles. The first kappa shape index (κ1) is 15.8. The van der Waals surface area contributed by atoms with Crippen molar-refractivity contribution in [3.63, 3.8) is 0 Å². The van der Waals surface area contributed by atoms with Gasteiger partial charge in [-0.25, -0.2) is 9.67 Å². The van der Waals surface area contributed by atoms with Crippen molar-refractivity contribution in [2.24, 2.45) is 0 Å². The molecule has 0 bridgehead atoms. The summed E-state index contributed by atoms with van der Waals surface area (Å²) in [5, 5.41) is 16.4. The van der Waals surface area contributed by atoms with E-state index in [0.717, 1.165) is 21.6 Å². The number of benzene rings is 1. The maximum atomic E-state index is 4.74. The van der Waals surface area contributed by atoms with Gasteiger partial charge in [-0.05, 0) is 23.3 Å². The van der Waals surface area contributed by atoms with E-state index in [1.54, 1.807) is 23.1 Å². The van der Waals surface area contributed by atoms with Crippen LogP contribution in [0.25, 0.3) is 10.6 Å². The van der Waals surface area contributed by atoms with Gasteiger partial charge in [-0.1, -0.05) is 61.4 Å². The maximum Gasteiger partial charge on any atom is 0.209 e. The van der Waals surface area contributed by atoms with Crippen LogP contribution in [0.15, 0.2) is 40.9 Å². The highest BCUT2D eigenvalue weighted by molar-refractivity contribution is 7.98. The van der Waals surface area contributed by atoms with Crippen molar-refractivity contribution < 1.29 is 0 Å². The number of thioether (sulfide) groups is 1. The van der Waals surface area contributed by atoms with Gasteiger partial charge in [-0.15, -0.1) is 16.4 Å². The second-order valence-electron chi connectivity index (χ2n) is 6.00. The normalized spacial score (nSPS) is 15.7. The van der Waals surface area contributed by atoms with E-state index in [2.05, 4.69) is 33.0 Å². The zero-order chi connectivity index (χ0) is 16.2. The number of nitrogens with zero attached hydrogens (tertiary/aromatic N) is 5. The predicted octanol–water partition coefficient (Wildman–Crippen LogP) is 4.59. The van der Waals surface area contributed by atoms with Crippen molar-refractivity contribution in [2.45, 2.75) is 49.1 Å². The lowest BCUT2D eigenvalue weighted by atomic mass is 9.96. The molecule has 24 heavy (non-hydrogen) atoms. The number of thiazole rings is 1. The van der Waals surface area contributed by atoms with E-state index in [-0.39, 0.29) is 0 Å². The minimum Gasteiger partial charge on any atom is -0.240 e. The molecular formula is C17H19N5S2. The largest absolute Gasteiger partial charge is 0.240 e. The third-order valence-corrected chi connectivity index (χ3v) is 6.21. The highest BCUT2D eigenvalue weighted by atomic mass is 32.2. The molecule has 0 spiro atoms. The van der Waals surface area contributed by atoms with Crippen molar-refractivity contribution in [1.29, 1.82) is 0 Å². The summed E-state index contributed by atoms with van der Waals surface area (Å²) < 4.78 is 2.02. The third kappa shape index (κ3) is 3.52. The first-order valence-electron chi connectivity index (χ1n) is 8.30. The molecule has 1 aromatic carbocycles. The Kier molecular flexibility index (Phi) is 4.89. The molecule has 1 fully saturated rings. The molecule has 5 nitrogen and oxygen atoms in total. The minimum absolute atomic E-state index is 0.464. The first-order valence-corrected chi connectivity index (χ1v) is 10.2. The first-order chi connectivity index (χ1) is 11.9. The van der Waals surface area contributed by atoms with Crippen molar-refractivity contribution in [3.8, 4) is 10.6 Å². The summed E-state index contributed by atoms with van der Waals surface area (Å²) in [6, 6.07) is 10.8. The molecule has 3 aromatic rings. The van der Waals surface area contributed by atoms with Crippen LogP contribution in [0.5, 0.6) is 0 Å². The van der Waals surface area contributed by atoms with Crippen LogP contribution in [-0.4, -0.2) is 25.2 Å². The van der Waals surface area contributed by atoms with Crippen molar-refractivity contribution in [2.75, 3.05) is 0 Å². The molecule has 124 valence electrons. The van der Waals surface area contributed by atoms with Gasteiger partial charge in [0, 0.05) is 16.7 Å². The van der Waals surface area contributed by atoms with Crippen LogP contribution in [0.3, 0.4) is 0 Å². The second kappa shape index (κ2) is 7.44. The van der Waals surface area contributed by atoms with E-state index in [4.69, 9.17) is 4.98 Å². The van der Waals surface area contributed by atoms with Crippen LogP contribution < -0.4 is 0 Å². The Morgan fingerprint density at radius 3 is 2.79 bits per heavy atom. The summed E-state index contributed by atoms with van der Waals surface area (Å²) in [5.41, 5.74) is 2.26. The molecule has 4 rings (SSSR count). The SMILES string of the molecule is c1ccc(-c2nc(CSc3nnnn3C3CCCCC3)cs2)cc1. The average Bonchev–Trinajstić information content (AvgIpc) is 3.31. The van der Waals surface area contributed by atoms with Crippen LogP contribution in [0.4, 0.5) is 0 Å². The fourth-order valence-electron chi connectivity index (χ4n) is 3.06. The Morgan fingerprint density at radius 1 is 1.12 bits per heavy atom. The standard InChI is InChI=1S/C17H19N5S2/c1-3-7-13(8-4-1)16-18-14(11-23-16)12-24-17-19-20-21-22(17)15-9-5-2-6-10-15/h1,3-4,7-8,11,15H,2,5-6,9-10,12H2. The number of rotatable bonds is 5. The summed E-state index contributed by atoms with van der Waals surface area (Å²) >= 11 is 3.37. The van der Waals surface area contributed by atoms with Gasteiger partial charge in [-0.3, -0.25) is 0 Å². The van der Waals surface area contributed by atoms with Crippen molar-refractivity contribution >= 4 is 23.1 Å². The molecule has 1 saturated carbocycles. The monoisotopic (exact) mass is 357 g/mol. The summed E-state index contributed by atoms with van der Waals surface area (Å²) in [6.07, 6.45) is 6.27. The number of aromatic nitrogens is 5. The van der Waals surface area contributed by atoms with Crippen molar-refractivity contribution in [3.05, 3.63) is 41.4 Å². The van der Waals surface area contributed by atoms with Crippen LogP contribution >= 0.6 is 23.1 Å². The highest BCUT2D eigenvalue weighted by Crippen LogP contribution is 2.32. The quantitative estimate of drug-likeness (QED) is 0.625. The zero-order valence-electron chi connectivity index (χ0n) is 13.3. The van der Waals surface area contributed by atoms with Gasteiger partial charge < -0.3 is 0 Å². The van der Waals surface area contributed by atoms with Gasteiger partial charge in [0.15, 0.2) is 0 Å². The van der Waals surface area contributed by atoms with E-state index in [1.807, 2.05) is 22.9 Å². The van der Waals surface area contributed by atoms with Gasteiger partial charge in [0.2, 0.25) is 5.16 Å². The van der Waals surface area contributed by atoms with E-state index < -0.39 is 0 Å². The van der Waals surface area contributed by atoms with Crippen LogP contribution in [0.1, 0.15) is 43.8 Å². The summed E-state index contributed by atoms with van der Waals surface area (Å²) in [4.78, 5) is 4.74. The molecule has 2 heterocycles. The Morgan fingerprint density at radius 2 is 1.96 bits per heavy atom. The molecule has 0 atom stereocenters. The zero-order valence-corrected chi connectivity index (χ0v) is 15.0. The molecule has 7 heteroatoms. The van der Waals surface area contributed by atoms with Crippen LogP contribution in [0, 0.1) is 0 Å². The molecule has 0 unspecified atom stereocenters. The van der Waals surface area contributed by atoms with Gasteiger partial charge in [0.05, 0.1) is 11.7 Å². The fraction of sp³-hybridized carbons (Fsp3) is 0.412. The molecule has 0 amide bonds. The van der Waals surface area contributed by atoms with Crippen LogP contribution in [0.2, 0.25) is 0 Å². The van der Waals surface area contributed by atoms with Gasteiger partial charge >= 0.3 is 0 Å². The summed E-state index contributed by atoms with van der Waals surface area (Å²) in [5.74, 6) is 0.802. The smallest absolute Gasteiger partial charge is 0.209 e. The van der Waals surface area contributed by atoms with Crippen LogP contribution in [-0.2, 0) is 5.75 Å². The minimum atomic E-state index is 0.464. The molecule has 0 N–H and O–H groups in total. The Bertz CT molecular complexity index is 777. The molecule has 0 saturated heterocycles. The molecule has 1 aliphatic carbocycles. The maximum absolute atomic E-state index is 4.74. The number of hydrogen-bond acceptors (Lipinski definition) is 6.